The minimum atomic E-state index is 0.768. The monoisotopic (exact) mass is 205 g/mol. The first kappa shape index (κ1) is 8.01. The van der Waals surface area contributed by atoms with Gasteiger partial charge in [0.1, 0.15) is 17.0 Å². The van der Waals surface area contributed by atoms with Crippen LogP contribution in [0.15, 0.2) is 21.0 Å². The molecule has 14 heavy (non-hydrogen) atoms. The summed E-state index contributed by atoms with van der Waals surface area (Å²) in [6, 6.07) is 3.93. The van der Waals surface area contributed by atoms with E-state index in [1.165, 1.54) is 0 Å². The van der Waals surface area contributed by atoms with Crippen LogP contribution in [0, 0.1) is 13.8 Å². The van der Waals surface area contributed by atoms with Crippen LogP contribution in [0.5, 0.6) is 0 Å². The molecule has 0 spiro atoms. The Morgan fingerprint density at radius 3 is 2.64 bits per heavy atom. The van der Waals surface area contributed by atoms with E-state index in [1.807, 2.05) is 26.0 Å². The van der Waals surface area contributed by atoms with Crippen LogP contribution in [0.4, 0.5) is 0 Å². The highest BCUT2D eigenvalue weighted by Crippen LogP contribution is 2.32. The van der Waals surface area contributed by atoms with E-state index in [9.17, 15) is 0 Å². The first-order chi connectivity index (χ1) is 6.74. The van der Waals surface area contributed by atoms with E-state index in [0.717, 1.165) is 41.7 Å². The second-order valence-electron chi connectivity index (χ2n) is 3.34. The fraction of sp³-hybridized carbons (Fsp3) is 0.200. The predicted octanol–water partition coefficient (Wildman–Crippen LogP) is 3.77. The average molecular weight is 205 g/mol. The summed E-state index contributed by atoms with van der Waals surface area (Å²) in [5.74, 6) is 1.77. The van der Waals surface area contributed by atoms with Crippen LogP contribution in [0.3, 0.4) is 0 Å². The second kappa shape index (κ2) is 2.58. The van der Waals surface area contributed by atoms with Crippen LogP contribution in [0.25, 0.3) is 21.8 Å². The molecule has 0 saturated heterocycles. The zero-order valence-electron chi connectivity index (χ0n) is 7.87. The van der Waals surface area contributed by atoms with Gasteiger partial charge in [0.2, 0.25) is 0 Å². The number of fused-ring (bicyclic) bond motifs is 3. The van der Waals surface area contributed by atoms with Gasteiger partial charge in [-0.3, -0.25) is 0 Å². The van der Waals surface area contributed by atoms with Crippen molar-refractivity contribution in [2.45, 2.75) is 13.8 Å². The quantitative estimate of drug-likeness (QED) is 0.560. The number of hydrogen-bond acceptors (Lipinski definition) is 3. The van der Waals surface area contributed by atoms with Gasteiger partial charge in [0.25, 0.3) is 0 Å². The summed E-state index contributed by atoms with van der Waals surface area (Å²) in [6.45, 7) is 3.85. The molecule has 0 N–H and O–H groups in total. The molecular weight excluding hydrogens is 197 g/mol. The van der Waals surface area contributed by atoms with E-state index in [4.69, 9.17) is 8.83 Å². The van der Waals surface area contributed by atoms with Crippen LogP contribution < -0.4 is 0 Å². The molecule has 70 valence electrons. The zero-order chi connectivity index (χ0) is 9.71. The van der Waals surface area contributed by atoms with Gasteiger partial charge in [-0.05, 0) is 19.9 Å². The van der Waals surface area contributed by atoms with E-state index in [1.54, 1.807) is 0 Å². The largest absolute Gasteiger partial charge is 0.457 e. The molecule has 0 bridgehead atoms. The number of nitrogens with zero attached hydrogens (tertiary/aromatic N) is 1. The summed E-state index contributed by atoms with van der Waals surface area (Å²) >= 11 is 0. The van der Waals surface area contributed by atoms with Gasteiger partial charge in [-0.1, -0.05) is 0 Å². The Balaban J connectivity index is 2.58. The van der Waals surface area contributed by atoms with Gasteiger partial charge in [0, 0.05) is 6.07 Å². The lowest BCUT2D eigenvalue weighted by Crippen LogP contribution is -1.65. The molecule has 3 nitrogen and oxygen atoms in total. The minimum absolute atomic E-state index is 0.768. The smallest absolute Gasteiger partial charge is 0.196 e. The molecule has 0 fully saturated rings. The molecule has 0 aliphatic rings. The van der Waals surface area contributed by atoms with E-state index >= 15 is 0 Å². The van der Waals surface area contributed by atoms with Crippen LogP contribution in [-0.2, 0) is 0 Å². The summed E-state index contributed by atoms with van der Waals surface area (Å²) < 4.78 is 15.5. The normalized spacial score (nSPS) is 12.1. The van der Waals surface area contributed by atoms with Crippen LogP contribution in [0.2, 0.25) is 0 Å². The summed E-state index contributed by atoms with van der Waals surface area (Å²) in [6.07, 6.45) is 0. The Kier molecular flexibility index (Phi) is 1.48. The Morgan fingerprint density at radius 2 is 1.79 bits per heavy atom. The molecule has 0 unspecified atom stereocenters. The van der Waals surface area contributed by atoms with Gasteiger partial charge < -0.3 is 8.83 Å². The number of aromatic nitrogens is 1. The Hall–Kier alpha value is -1.34. The second-order valence-corrected chi connectivity index (χ2v) is 4.22. The van der Waals surface area contributed by atoms with Crippen LogP contribution >= 0.6 is 8.35 Å². The van der Waals surface area contributed by atoms with Gasteiger partial charge >= 0.3 is 0 Å². The molecule has 0 saturated carbocycles. The molecule has 0 aliphatic heterocycles. The zero-order valence-corrected chi connectivity index (χ0v) is 8.76. The van der Waals surface area contributed by atoms with Crippen molar-refractivity contribution in [3.63, 3.8) is 0 Å². The summed E-state index contributed by atoms with van der Waals surface area (Å²) in [5, 5.41) is 1.09. The van der Waals surface area contributed by atoms with E-state index in [0.29, 0.717) is 0 Å². The summed E-state index contributed by atoms with van der Waals surface area (Å²) in [4.78, 5) is 0. The Morgan fingerprint density at radius 1 is 1.07 bits per heavy atom. The van der Waals surface area contributed by atoms with Gasteiger partial charge in [-0.2, -0.15) is 0 Å². The maximum Gasteiger partial charge on any atom is 0.196 e. The topological polar surface area (TPSA) is 39.2 Å². The van der Waals surface area contributed by atoms with Gasteiger partial charge in [0.15, 0.2) is 11.2 Å². The van der Waals surface area contributed by atoms with Crippen molar-refractivity contribution in [1.29, 1.82) is 0 Å². The van der Waals surface area contributed by atoms with Crippen LogP contribution in [0.1, 0.15) is 11.5 Å². The number of rotatable bonds is 0. The highest BCUT2D eigenvalue weighted by Gasteiger charge is 2.10. The Labute approximate surface area is 81.9 Å². The van der Waals surface area contributed by atoms with Gasteiger partial charge in [-0.15, -0.1) is 0 Å². The van der Waals surface area contributed by atoms with E-state index in [-0.39, 0.29) is 0 Å². The summed E-state index contributed by atoms with van der Waals surface area (Å²) in [7, 11) is 0.941. The van der Waals surface area contributed by atoms with Crippen molar-refractivity contribution >= 4 is 30.2 Å². The lowest BCUT2D eigenvalue weighted by Gasteiger charge is -1.87. The molecular formula is C10H8NO2P. The molecule has 0 amide bonds. The standard InChI is InChI=1S/C10H8NO2P/c1-5-3-7-9(12-5)10-8(14-11-7)4-6(2)13-10/h3-4H,1-2H3. The highest BCUT2D eigenvalue weighted by molar-refractivity contribution is 7.32. The molecule has 3 rings (SSSR count). The van der Waals surface area contributed by atoms with Crippen LogP contribution in [-0.4, -0.2) is 4.75 Å². The molecule has 3 aromatic heterocycles. The fourth-order valence-electron chi connectivity index (χ4n) is 1.58. The van der Waals surface area contributed by atoms with Crippen molar-refractivity contribution in [2.24, 2.45) is 0 Å². The maximum atomic E-state index is 5.59. The van der Waals surface area contributed by atoms with E-state index in [2.05, 4.69) is 4.75 Å². The highest BCUT2D eigenvalue weighted by atomic mass is 31.0. The van der Waals surface area contributed by atoms with Crippen molar-refractivity contribution in [2.75, 3.05) is 0 Å². The minimum Gasteiger partial charge on any atom is -0.457 e. The molecule has 3 heterocycles. The Bertz CT molecular complexity index is 568. The van der Waals surface area contributed by atoms with Crippen molar-refractivity contribution in [3.8, 4) is 0 Å². The SMILES string of the molecule is Cc1cc2npc3cc(C)oc3c2o1. The number of aryl methyl sites for hydroxylation is 2. The third kappa shape index (κ3) is 0.992. The van der Waals surface area contributed by atoms with Gasteiger partial charge in [0.05, 0.1) is 13.5 Å². The molecule has 4 heteroatoms. The fourth-order valence-corrected chi connectivity index (χ4v) is 2.42. The third-order valence-electron chi connectivity index (χ3n) is 2.14. The average Bonchev–Trinajstić information content (AvgIpc) is 2.65. The van der Waals surface area contributed by atoms with Crippen molar-refractivity contribution in [3.05, 3.63) is 23.7 Å². The molecule has 0 radical (unpaired) electrons. The summed E-state index contributed by atoms with van der Waals surface area (Å²) in [5.41, 5.74) is 2.50. The maximum absolute atomic E-state index is 5.59. The van der Waals surface area contributed by atoms with Crippen molar-refractivity contribution < 1.29 is 8.83 Å². The molecule has 0 atom stereocenters. The molecule has 3 aromatic rings. The number of furan rings is 2. The third-order valence-corrected chi connectivity index (χ3v) is 3.01. The van der Waals surface area contributed by atoms with Crippen molar-refractivity contribution in [1.82, 2.24) is 4.75 Å². The number of hydrogen-bond donors (Lipinski definition) is 0. The van der Waals surface area contributed by atoms with E-state index < -0.39 is 0 Å². The lowest BCUT2D eigenvalue weighted by atomic mass is 10.4. The first-order valence-electron chi connectivity index (χ1n) is 4.37. The lowest BCUT2D eigenvalue weighted by molar-refractivity contribution is 0.548. The predicted molar refractivity (Wildman–Crippen MR) is 55.8 cm³/mol. The van der Waals surface area contributed by atoms with Gasteiger partial charge in [-0.25, -0.2) is 4.75 Å². The molecule has 0 aromatic carbocycles. The molecule has 0 aliphatic carbocycles. The first-order valence-corrected chi connectivity index (χ1v) is 5.22.